The molecule has 1 aliphatic carbocycles. The highest BCUT2D eigenvalue weighted by molar-refractivity contribution is 5.88. The summed E-state index contributed by atoms with van der Waals surface area (Å²) in [6, 6.07) is 21.2. The van der Waals surface area contributed by atoms with E-state index in [-0.39, 0.29) is 0 Å². The van der Waals surface area contributed by atoms with Crippen molar-refractivity contribution < 1.29 is 9.90 Å². The fourth-order valence-electron chi connectivity index (χ4n) is 5.77. The second-order valence-electron chi connectivity index (χ2n) is 9.94. The minimum Gasteiger partial charge on any atom is -0.478 e. The number of anilines is 1. The lowest BCUT2D eigenvalue weighted by molar-refractivity contribution is 0.0361. The summed E-state index contributed by atoms with van der Waals surface area (Å²) in [5, 5.41) is 9.12. The van der Waals surface area contributed by atoms with Crippen molar-refractivity contribution in [2.24, 2.45) is 5.41 Å². The molecule has 1 aromatic heterocycles. The second kappa shape index (κ2) is 8.16. The summed E-state index contributed by atoms with van der Waals surface area (Å²) >= 11 is 0. The Bertz CT molecular complexity index is 1100. The zero-order chi connectivity index (χ0) is 22.3. The Kier molecular flexibility index (Phi) is 5.32. The van der Waals surface area contributed by atoms with Crippen LogP contribution in [0.2, 0.25) is 0 Å². The van der Waals surface area contributed by atoms with Crippen molar-refractivity contribution in [3.63, 3.8) is 0 Å². The van der Waals surface area contributed by atoms with Crippen LogP contribution in [0.1, 0.15) is 67.4 Å². The third-order valence-electron chi connectivity index (χ3n) is 7.67. The fourth-order valence-corrected chi connectivity index (χ4v) is 5.77. The van der Waals surface area contributed by atoms with Gasteiger partial charge in [-0.1, -0.05) is 38.1 Å². The molecule has 1 N–H and O–H groups in total. The highest BCUT2D eigenvalue weighted by atomic mass is 16.4. The Balaban J connectivity index is 1.25. The van der Waals surface area contributed by atoms with Gasteiger partial charge in [0.2, 0.25) is 0 Å². The Morgan fingerprint density at radius 3 is 2.31 bits per heavy atom. The van der Waals surface area contributed by atoms with Gasteiger partial charge in [0, 0.05) is 42.3 Å². The van der Waals surface area contributed by atoms with Gasteiger partial charge in [-0.15, -0.1) is 0 Å². The zero-order valence-corrected chi connectivity index (χ0v) is 19.0. The summed E-state index contributed by atoms with van der Waals surface area (Å²) < 4.78 is 2.52. The van der Waals surface area contributed by atoms with E-state index in [0.29, 0.717) is 22.9 Å². The van der Waals surface area contributed by atoms with Crippen LogP contribution in [-0.2, 0) is 0 Å². The number of benzene rings is 2. The molecule has 0 radical (unpaired) electrons. The average molecular weight is 429 g/mol. The van der Waals surface area contributed by atoms with E-state index >= 15 is 0 Å². The Labute approximate surface area is 190 Å². The predicted molar refractivity (Wildman–Crippen MR) is 130 cm³/mol. The highest BCUT2D eigenvalue weighted by Gasteiger charge is 2.46. The molecule has 2 aliphatic rings. The smallest absolute Gasteiger partial charge is 0.335 e. The number of hydrogen-bond acceptors (Lipinski definition) is 2. The van der Waals surface area contributed by atoms with Gasteiger partial charge in [0.05, 0.1) is 5.56 Å². The highest BCUT2D eigenvalue weighted by Crippen LogP contribution is 2.56. The lowest BCUT2D eigenvalue weighted by Crippen LogP contribution is -2.47. The molecule has 0 amide bonds. The Morgan fingerprint density at radius 1 is 0.969 bits per heavy atom. The first-order valence-corrected chi connectivity index (χ1v) is 11.8. The molecule has 4 heteroatoms. The van der Waals surface area contributed by atoms with Gasteiger partial charge < -0.3 is 14.6 Å². The molecule has 2 aromatic carbocycles. The lowest BCUT2D eigenvalue weighted by Gasteiger charge is -2.53. The van der Waals surface area contributed by atoms with Crippen LogP contribution in [-0.4, -0.2) is 28.7 Å². The molecule has 0 bridgehead atoms. The molecule has 5 rings (SSSR count). The number of hydrogen-bond donors (Lipinski definition) is 1. The van der Waals surface area contributed by atoms with E-state index in [4.69, 9.17) is 5.11 Å². The summed E-state index contributed by atoms with van der Waals surface area (Å²) in [7, 11) is 0. The first kappa shape index (κ1) is 20.9. The standard InChI is InChI=1S/C28H32N2O2/c1-20(2)24-6-3-4-7-25(24)26-8-5-15-30(26)23-18-28(19-23)13-16-29(17-14-28)22-11-9-21(10-12-22)27(31)32/h3-12,15,20,23H,13-14,16-19H2,1-2H3,(H,31,32). The molecule has 1 spiro atoms. The third-order valence-corrected chi connectivity index (χ3v) is 7.67. The van der Waals surface area contributed by atoms with Gasteiger partial charge in [-0.05, 0) is 79.0 Å². The molecule has 166 valence electrons. The molecule has 1 saturated carbocycles. The van der Waals surface area contributed by atoms with E-state index < -0.39 is 5.97 Å². The normalized spacial score (nSPS) is 18.2. The molecular formula is C28H32N2O2. The summed E-state index contributed by atoms with van der Waals surface area (Å²) in [4.78, 5) is 13.5. The van der Waals surface area contributed by atoms with E-state index in [1.165, 1.54) is 42.5 Å². The van der Waals surface area contributed by atoms with Crippen molar-refractivity contribution in [3.05, 3.63) is 78.0 Å². The first-order chi connectivity index (χ1) is 15.5. The third kappa shape index (κ3) is 3.72. The number of carboxylic acids is 1. The number of rotatable bonds is 5. The van der Waals surface area contributed by atoms with Crippen LogP contribution in [0.4, 0.5) is 5.69 Å². The minimum atomic E-state index is -0.866. The number of aromatic carboxylic acids is 1. The first-order valence-electron chi connectivity index (χ1n) is 11.8. The molecule has 0 unspecified atom stereocenters. The van der Waals surface area contributed by atoms with E-state index in [2.05, 4.69) is 65.9 Å². The van der Waals surface area contributed by atoms with Crippen LogP contribution in [0.5, 0.6) is 0 Å². The maximum atomic E-state index is 11.1. The number of carboxylic acid groups (broad SMARTS) is 1. The van der Waals surface area contributed by atoms with Crippen molar-refractivity contribution >= 4 is 11.7 Å². The van der Waals surface area contributed by atoms with Gasteiger partial charge >= 0.3 is 5.97 Å². The summed E-state index contributed by atoms with van der Waals surface area (Å²) in [6.07, 6.45) is 7.20. The van der Waals surface area contributed by atoms with E-state index in [1.54, 1.807) is 12.1 Å². The summed E-state index contributed by atoms with van der Waals surface area (Å²) in [5.74, 6) is -0.355. The van der Waals surface area contributed by atoms with Gasteiger partial charge in [0.25, 0.3) is 0 Å². The number of piperidine rings is 1. The van der Waals surface area contributed by atoms with E-state index in [0.717, 1.165) is 18.8 Å². The van der Waals surface area contributed by atoms with Crippen molar-refractivity contribution in [2.45, 2.75) is 51.5 Å². The number of aromatic nitrogens is 1. The fraction of sp³-hybridized carbons (Fsp3) is 0.393. The second-order valence-corrected chi connectivity index (χ2v) is 9.94. The number of carbonyl (C=O) groups is 1. The largest absolute Gasteiger partial charge is 0.478 e. The molecule has 3 aromatic rings. The predicted octanol–water partition coefficient (Wildman–Crippen LogP) is 6.60. The molecule has 4 nitrogen and oxygen atoms in total. The van der Waals surface area contributed by atoms with Crippen LogP contribution in [0.15, 0.2) is 66.9 Å². The van der Waals surface area contributed by atoms with Gasteiger partial charge in [0.15, 0.2) is 0 Å². The van der Waals surface area contributed by atoms with Crippen LogP contribution < -0.4 is 4.90 Å². The van der Waals surface area contributed by atoms with Gasteiger partial charge in [-0.25, -0.2) is 4.79 Å². The van der Waals surface area contributed by atoms with Crippen LogP contribution in [0.3, 0.4) is 0 Å². The monoisotopic (exact) mass is 428 g/mol. The maximum absolute atomic E-state index is 11.1. The molecular weight excluding hydrogens is 396 g/mol. The Hall–Kier alpha value is -3.01. The van der Waals surface area contributed by atoms with Crippen LogP contribution in [0.25, 0.3) is 11.3 Å². The van der Waals surface area contributed by atoms with Crippen molar-refractivity contribution in [1.82, 2.24) is 4.57 Å². The van der Waals surface area contributed by atoms with Gasteiger partial charge in [0.1, 0.15) is 0 Å². The molecule has 1 aliphatic heterocycles. The van der Waals surface area contributed by atoms with Crippen molar-refractivity contribution in [2.75, 3.05) is 18.0 Å². The van der Waals surface area contributed by atoms with E-state index in [1.807, 2.05) is 12.1 Å². The molecule has 1 saturated heterocycles. The molecule has 0 atom stereocenters. The Morgan fingerprint density at radius 2 is 1.66 bits per heavy atom. The molecule has 32 heavy (non-hydrogen) atoms. The van der Waals surface area contributed by atoms with Crippen molar-refractivity contribution in [1.29, 1.82) is 0 Å². The lowest BCUT2D eigenvalue weighted by atomic mass is 9.60. The molecule has 2 heterocycles. The minimum absolute atomic E-state index is 0.352. The van der Waals surface area contributed by atoms with Crippen LogP contribution in [0, 0.1) is 5.41 Å². The quantitative estimate of drug-likeness (QED) is 0.498. The molecule has 2 fully saturated rings. The van der Waals surface area contributed by atoms with Gasteiger partial charge in [-0.3, -0.25) is 0 Å². The van der Waals surface area contributed by atoms with Gasteiger partial charge in [-0.2, -0.15) is 0 Å². The number of nitrogens with zero attached hydrogens (tertiary/aromatic N) is 2. The topological polar surface area (TPSA) is 45.5 Å². The zero-order valence-electron chi connectivity index (χ0n) is 19.0. The van der Waals surface area contributed by atoms with E-state index in [9.17, 15) is 4.79 Å². The van der Waals surface area contributed by atoms with Crippen molar-refractivity contribution in [3.8, 4) is 11.3 Å². The average Bonchev–Trinajstić information content (AvgIpc) is 3.27. The SMILES string of the molecule is CC(C)c1ccccc1-c1cccn1C1CC2(CCN(c3ccc(C(=O)O)cc3)CC2)C1. The summed E-state index contributed by atoms with van der Waals surface area (Å²) in [5.41, 5.74) is 6.09. The summed E-state index contributed by atoms with van der Waals surface area (Å²) in [6.45, 7) is 6.64. The maximum Gasteiger partial charge on any atom is 0.335 e. The van der Waals surface area contributed by atoms with Crippen LogP contribution >= 0.6 is 0 Å².